The van der Waals surface area contributed by atoms with Crippen molar-refractivity contribution < 1.29 is 14.6 Å². The summed E-state index contributed by atoms with van der Waals surface area (Å²) >= 11 is 0. The molecule has 100 valence electrons. The van der Waals surface area contributed by atoms with Crippen molar-refractivity contribution in [3.8, 4) is 0 Å². The highest BCUT2D eigenvalue weighted by atomic mass is 16.7. The number of aryl methyl sites for hydroxylation is 1. The number of hydrogen-bond donors (Lipinski definition) is 1. The Morgan fingerprint density at radius 1 is 1.06 bits per heavy atom. The van der Waals surface area contributed by atoms with Gasteiger partial charge in [-0.15, -0.1) is 0 Å². The molecular weight excluding hydrogens is 228 g/mol. The number of aliphatic hydroxyl groups is 1. The Morgan fingerprint density at radius 2 is 1.67 bits per heavy atom. The van der Waals surface area contributed by atoms with E-state index in [4.69, 9.17) is 9.47 Å². The first-order valence-corrected chi connectivity index (χ1v) is 6.43. The second kappa shape index (κ2) is 5.00. The lowest BCUT2D eigenvalue weighted by atomic mass is 9.77. The van der Waals surface area contributed by atoms with Crippen molar-refractivity contribution in [3.63, 3.8) is 0 Å². The summed E-state index contributed by atoms with van der Waals surface area (Å²) in [5.74, 6) is -0.518. The Bertz CT molecular complexity index is 400. The minimum absolute atomic E-state index is 0.518. The van der Waals surface area contributed by atoms with Crippen LogP contribution in [0.3, 0.4) is 0 Å². The van der Waals surface area contributed by atoms with Crippen LogP contribution in [0.25, 0.3) is 0 Å². The normalized spacial score (nSPS) is 21.8. The van der Waals surface area contributed by atoms with E-state index in [0.29, 0.717) is 25.7 Å². The third kappa shape index (κ3) is 2.44. The van der Waals surface area contributed by atoms with Crippen LogP contribution in [0.2, 0.25) is 0 Å². The van der Waals surface area contributed by atoms with Crippen LogP contribution in [0.15, 0.2) is 24.3 Å². The maximum atomic E-state index is 10.8. The van der Waals surface area contributed by atoms with Crippen LogP contribution < -0.4 is 0 Å². The molecule has 0 bridgehead atoms. The minimum atomic E-state index is -0.743. The fraction of sp³-hybridized carbons (Fsp3) is 0.600. The van der Waals surface area contributed by atoms with Crippen molar-refractivity contribution in [3.05, 3.63) is 35.4 Å². The molecule has 1 aromatic rings. The summed E-state index contributed by atoms with van der Waals surface area (Å²) in [6.07, 6.45) is 2.76. The summed E-state index contributed by atoms with van der Waals surface area (Å²) in [6.45, 7) is 2.05. The molecule has 0 atom stereocenters. The SMILES string of the molecule is COC1(OC)CCC(O)(c2cccc(C)c2)CC1. The largest absolute Gasteiger partial charge is 0.385 e. The van der Waals surface area contributed by atoms with E-state index < -0.39 is 11.4 Å². The second-order valence-corrected chi connectivity index (χ2v) is 5.22. The first kappa shape index (κ1) is 13.5. The fourth-order valence-corrected chi connectivity index (χ4v) is 2.76. The Labute approximate surface area is 109 Å². The summed E-state index contributed by atoms with van der Waals surface area (Å²) in [4.78, 5) is 0. The van der Waals surface area contributed by atoms with Crippen LogP contribution in [0.1, 0.15) is 36.8 Å². The zero-order valence-electron chi connectivity index (χ0n) is 11.4. The lowest BCUT2D eigenvalue weighted by Gasteiger charge is -2.42. The molecule has 0 spiro atoms. The number of rotatable bonds is 3. The quantitative estimate of drug-likeness (QED) is 0.838. The van der Waals surface area contributed by atoms with Crippen LogP contribution in [-0.4, -0.2) is 25.1 Å². The molecular formula is C15H22O3. The minimum Gasteiger partial charge on any atom is -0.385 e. The number of methoxy groups -OCH3 is 2. The van der Waals surface area contributed by atoms with Gasteiger partial charge in [0.15, 0.2) is 5.79 Å². The molecule has 3 heteroatoms. The topological polar surface area (TPSA) is 38.7 Å². The van der Waals surface area contributed by atoms with E-state index >= 15 is 0 Å². The molecule has 0 saturated heterocycles. The van der Waals surface area contributed by atoms with Crippen molar-refractivity contribution in [2.24, 2.45) is 0 Å². The molecule has 1 aliphatic rings. The molecule has 0 radical (unpaired) electrons. The zero-order valence-corrected chi connectivity index (χ0v) is 11.4. The summed E-state index contributed by atoms with van der Waals surface area (Å²) in [7, 11) is 3.33. The van der Waals surface area contributed by atoms with E-state index in [1.807, 2.05) is 25.1 Å². The highest BCUT2D eigenvalue weighted by Gasteiger charge is 2.43. The number of benzene rings is 1. The van der Waals surface area contributed by atoms with Crippen LogP contribution in [0.5, 0.6) is 0 Å². The van der Waals surface area contributed by atoms with Gasteiger partial charge in [0.25, 0.3) is 0 Å². The van der Waals surface area contributed by atoms with Gasteiger partial charge >= 0.3 is 0 Å². The molecule has 1 N–H and O–H groups in total. The van der Waals surface area contributed by atoms with E-state index in [9.17, 15) is 5.11 Å². The van der Waals surface area contributed by atoms with Gasteiger partial charge in [-0.1, -0.05) is 29.8 Å². The van der Waals surface area contributed by atoms with Gasteiger partial charge in [-0.25, -0.2) is 0 Å². The number of hydrogen-bond acceptors (Lipinski definition) is 3. The third-order valence-corrected chi connectivity index (χ3v) is 4.14. The lowest BCUT2D eigenvalue weighted by molar-refractivity contribution is -0.243. The second-order valence-electron chi connectivity index (χ2n) is 5.22. The predicted octanol–water partition coefficient (Wildman–Crippen LogP) is 2.75. The van der Waals surface area contributed by atoms with Crippen molar-refractivity contribution in [1.82, 2.24) is 0 Å². The summed E-state index contributed by atoms with van der Waals surface area (Å²) in [5, 5.41) is 10.8. The zero-order chi connectivity index (χ0) is 13.2. The van der Waals surface area contributed by atoms with Crippen LogP contribution in [0.4, 0.5) is 0 Å². The van der Waals surface area contributed by atoms with Gasteiger partial charge in [-0.2, -0.15) is 0 Å². The molecule has 3 nitrogen and oxygen atoms in total. The molecule has 1 aromatic carbocycles. The third-order valence-electron chi connectivity index (χ3n) is 4.14. The molecule has 2 rings (SSSR count). The molecule has 1 aliphatic carbocycles. The number of ether oxygens (including phenoxy) is 2. The Kier molecular flexibility index (Phi) is 3.76. The van der Waals surface area contributed by atoms with Crippen molar-refractivity contribution in [2.45, 2.75) is 44.0 Å². The van der Waals surface area contributed by atoms with Crippen LogP contribution >= 0.6 is 0 Å². The smallest absolute Gasteiger partial charge is 0.167 e. The van der Waals surface area contributed by atoms with Gasteiger partial charge in [0, 0.05) is 27.1 Å². The Balaban J connectivity index is 2.16. The summed E-state index contributed by atoms with van der Waals surface area (Å²) in [5.41, 5.74) is 1.44. The highest BCUT2D eigenvalue weighted by molar-refractivity contribution is 5.28. The van der Waals surface area contributed by atoms with Gasteiger partial charge in [0.05, 0.1) is 5.60 Å². The Hall–Kier alpha value is -0.900. The average Bonchev–Trinajstić information content (AvgIpc) is 2.40. The van der Waals surface area contributed by atoms with Gasteiger partial charge in [0.1, 0.15) is 0 Å². The van der Waals surface area contributed by atoms with E-state index in [2.05, 4.69) is 6.07 Å². The monoisotopic (exact) mass is 250 g/mol. The van der Waals surface area contributed by atoms with Crippen molar-refractivity contribution >= 4 is 0 Å². The van der Waals surface area contributed by atoms with Gasteiger partial charge < -0.3 is 14.6 Å². The molecule has 0 aliphatic heterocycles. The molecule has 18 heavy (non-hydrogen) atoms. The van der Waals surface area contributed by atoms with Gasteiger partial charge in [-0.3, -0.25) is 0 Å². The van der Waals surface area contributed by atoms with E-state index in [-0.39, 0.29) is 0 Å². The van der Waals surface area contributed by atoms with Gasteiger partial charge in [-0.05, 0) is 25.3 Å². The molecule has 0 heterocycles. The Morgan fingerprint density at radius 3 is 2.17 bits per heavy atom. The molecule has 0 unspecified atom stereocenters. The molecule has 1 fully saturated rings. The lowest BCUT2D eigenvalue weighted by Crippen LogP contribution is -2.43. The predicted molar refractivity (Wildman–Crippen MR) is 70.3 cm³/mol. The molecule has 0 amide bonds. The van der Waals surface area contributed by atoms with Crippen LogP contribution in [0, 0.1) is 6.92 Å². The fourth-order valence-electron chi connectivity index (χ4n) is 2.76. The summed E-state index contributed by atoms with van der Waals surface area (Å²) in [6, 6.07) is 8.10. The van der Waals surface area contributed by atoms with Crippen LogP contribution in [-0.2, 0) is 15.1 Å². The standard InChI is InChI=1S/C15H22O3/c1-12-5-4-6-13(11-12)14(16)7-9-15(17-2,18-3)10-8-14/h4-6,11,16H,7-10H2,1-3H3. The van der Waals surface area contributed by atoms with Crippen molar-refractivity contribution in [2.75, 3.05) is 14.2 Å². The average molecular weight is 250 g/mol. The van der Waals surface area contributed by atoms with E-state index in [1.165, 1.54) is 5.56 Å². The van der Waals surface area contributed by atoms with Crippen molar-refractivity contribution in [1.29, 1.82) is 0 Å². The first-order chi connectivity index (χ1) is 8.53. The molecule has 0 aromatic heterocycles. The van der Waals surface area contributed by atoms with E-state index in [1.54, 1.807) is 14.2 Å². The maximum Gasteiger partial charge on any atom is 0.167 e. The highest BCUT2D eigenvalue weighted by Crippen LogP contribution is 2.43. The van der Waals surface area contributed by atoms with E-state index in [0.717, 1.165) is 5.56 Å². The maximum absolute atomic E-state index is 10.8. The van der Waals surface area contributed by atoms with Gasteiger partial charge in [0.2, 0.25) is 0 Å². The first-order valence-electron chi connectivity index (χ1n) is 6.43. The molecule has 1 saturated carbocycles. The summed E-state index contributed by atoms with van der Waals surface area (Å²) < 4.78 is 10.9.